The fourth-order valence-electron chi connectivity index (χ4n) is 2.82. The third-order valence-electron chi connectivity index (χ3n) is 4.01. The number of hydrogen-bond donors (Lipinski definition) is 1. The summed E-state index contributed by atoms with van der Waals surface area (Å²) in [4.78, 5) is 4.37. The Morgan fingerprint density at radius 2 is 2.38 bits per heavy atom. The monoisotopic (exact) mass is 286 g/mol. The molecule has 0 bridgehead atoms. The van der Waals surface area contributed by atoms with Crippen LogP contribution < -0.4 is 10.1 Å². The lowest BCUT2D eigenvalue weighted by Gasteiger charge is -2.23. The highest BCUT2D eigenvalue weighted by Gasteiger charge is 2.25. The fourth-order valence-corrected chi connectivity index (χ4v) is 2.82. The summed E-state index contributed by atoms with van der Waals surface area (Å²) < 4.78 is 11.5. The van der Waals surface area contributed by atoms with E-state index in [1.807, 2.05) is 24.4 Å². The molecule has 1 saturated heterocycles. The predicted molar refractivity (Wildman–Crippen MR) is 83.6 cm³/mol. The zero-order chi connectivity index (χ0) is 14.5. The molecule has 1 aromatic carbocycles. The second-order valence-electron chi connectivity index (χ2n) is 5.46. The number of ether oxygens (including phenoxy) is 2. The predicted octanol–water partition coefficient (Wildman–Crippen LogP) is 2.63. The first kappa shape index (κ1) is 14.3. The second-order valence-corrected chi connectivity index (χ2v) is 5.46. The highest BCUT2D eigenvalue weighted by molar-refractivity contribution is 5.79. The largest absolute Gasteiger partial charge is 0.492 e. The van der Waals surface area contributed by atoms with Crippen LogP contribution in [-0.4, -0.2) is 37.4 Å². The first-order chi connectivity index (χ1) is 10.4. The van der Waals surface area contributed by atoms with Gasteiger partial charge in [-0.1, -0.05) is 13.0 Å². The van der Waals surface area contributed by atoms with Crippen molar-refractivity contribution in [1.29, 1.82) is 0 Å². The van der Waals surface area contributed by atoms with Crippen molar-refractivity contribution in [2.75, 3.05) is 26.4 Å². The van der Waals surface area contributed by atoms with Gasteiger partial charge in [0.2, 0.25) is 0 Å². The van der Waals surface area contributed by atoms with Crippen LogP contribution in [0.3, 0.4) is 0 Å². The van der Waals surface area contributed by atoms with Gasteiger partial charge in [-0.05, 0) is 31.2 Å². The van der Waals surface area contributed by atoms with Gasteiger partial charge in [0, 0.05) is 36.2 Å². The van der Waals surface area contributed by atoms with E-state index in [9.17, 15) is 0 Å². The number of benzene rings is 1. The molecule has 0 aliphatic carbocycles. The molecule has 4 nitrogen and oxygen atoms in total. The van der Waals surface area contributed by atoms with Gasteiger partial charge < -0.3 is 14.8 Å². The number of pyridine rings is 1. The van der Waals surface area contributed by atoms with Crippen LogP contribution in [0.5, 0.6) is 5.75 Å². The molecule has 112 valence electrons. The summed E-state index contributed by atoms with van der Waals surface area (Å²) in [6, 6.07) is 10.4. The number of aromatic nitrogens is 1. The summed E-state index contributed by atoms with van der Waals surface area (Å²) in [5, 5.41) is 4.65. The van der Waals surface area contributed by atoms with Gasteiger partial charge in [0.05, 0.1) is 12.1 Å². The van der Waals surface area contributed by atoms with Crippen LogP contribution in [-0.2, 0) is 4.74 Å². The molecular formula is C17H22N2O2. The molecule has 0 amide bonds. The van der Waals surface area contributed by atoms with Crippen molar-refractivity contribution in [3.05, 3.63) is 36.5 Å². The molecule has 1 aromatic heterocycles. The average molecular weight is 286 g/mol. The van der Waals surface area contributed by atoms with E-state index in [0.29, 0.717) is 18.6 Å². The maximum Gasteiger partial charge on any atom is 0.121 e. The van der Waals surface area contributed by atoms with Crippen LogP contribution in [0, 0.1) is 5.92 Å². The molecule has 2 aromatic rings. The van der Waals surface area contributed by atoms with E-state index in [1.165, 1.54) is 0 Å². The zero-order valence-corrected chi connectivity index (χ0v) is 12.4. The van der Waals surface area contributed by atoms with Gasteiger partial charge in [-0.2, -0.15) is 0 Å². The van der Waals surface area contributed by atoms with Crippen molar-refractivity contribution in [2.45, 2.75) is 19.4 Å². The lowest BCUT2D eigenvalue weighted by atomic mass is 10.00. The molecule has 1 fully saturated rings. The number of nitrogens with one attached hydrogen (secondary N) is 1. The van der Waals surface area contributed by atoms with Gasteiger partial charge in [-0.3, -0.25) is 4.98 Å². The van der Waals surface area contributed by atoms with Crippen LogP contribution in [0.15, 0.2) is 36.5 Å². The molecular weight excluding hydrogens is 264 g/mol. The minimum Gasteiger partial charge on any atom is -0.492 e. The van der Waals surface area contributed by atoms with Crippen molar-refractivity contribution in [1.82, 2.24) is 10.3 Å². The Kier molecular flexibility index (Phi) is 4.68. The number of hydrogen-bond acceptors (Lipinski definition) is 4. The van der Waals surface area contributed by atoms with Crippen LogP contribution >= 0.6 is 0 Å². The third-order valence-corrected chi connectivity index (χ3v) is 4.01. The van der Waals surface area contributed by atoms with Gasteiger partial charge >= 0.3 is 0 Å². The number of rotatable bonds is 6. The average Bonchev–Trinajstić information content (AvgIpc) is 3.05. The summed E-state index contributed by atoms with van der Waals surface area (Å²) in [7, 11) is 0. The molecule has 1 aliphatic heterocycles. The van der Waals surface area contributed by atoms with Crippen LogP contribution in [0.2, 0.25) is 0 Å². The van der Waals surface area contributed by atoms with E-state index in [0.717, 1.165) is 42.8 Å². The highest BCUT2D eigenvalue weighted by atomic mass is 16.5. The Bertz CT molecular complexity index is 582. The molecule has 0 spiro atoms. The SMILES string of the molecule is CCNC(COc1ccc2cccnc2c1)C1CCOC1. The Labute approximate surface area is 125 Å². The van der Waals surface area contributed by atoms with E-state index in [4.69, 9.17) is 9.47 Å². The molecule has 1 N–H and O–H groups in total. The molecule has 1 aliphatic rings. The Balaban J connectivity index is 1.65. The summed E-state index contributed by atoms with van der Waals surface area (Å²) in [6.07, 6.45) is 2.92. The summed E-state index contributed by atoms with van der Waals surface area (Å²) in [6.45, 7) is 5.44. The highest BCUT2D eigenvalue weighted by Crippen LogP contribution is 2.21. The van der Waals surface area contributed by atoms with E-state index < -0.39 is 0 Å². The smallest absolute Gasteiger partial charge is 0.121 e. The normalized spacial score (nSPS) is 19.8. The van der Waals surface area contributed by atoms with Gasteiger partial charge in [0.15, 0.2) is 0 Å². The van der Waals surface area contributed by atoms with Gasteiger partial charge in [0.25, 0.3) is 0 Å². The first-order valence-corrected chi connectivity index (χ1v) is 7.65. The van der Waals surface area contributed by atoms with Crippen molar-refractivity contribution in [3.8, 4) is 5.75 Å². The van der Waals surface area contributed by atoms with E-state index in [2.05, 4.69) is 29.4 Å². The van der Waals surface area contributed by atoms with Crippen molar-refractivity contribution >= 4 is 10.9 Å². The Morgan fingerprint density at radius 1 is 1.43 bits per heavy atom. The molecule has 4 heteroatoms. The molecule has 2 unspecified atom stereocenters. The third kappa shape index (κ3) is 3.52. The molecule has 21 heavy (non-hydrogen) atoms. The van der Waals surface area contributed by atoms with Gasteiger partial charge in [-0.25, -0.2) is 0 Å². The van der Waals surface area contributed by atoms with Gasteiger partial charge in [-0.15, -0.1) is 0 Å². The summed E-state index contributed by atoms with van der Waals surface area (Å²) in [5.41, 5.74) is 0.971. The second kappa shape index (κ2) is 6.87. The van der Waals surface area contributed by atoms with Crippen LogP contribution in [0.4, 0.5) is 0 Å². The summed E-state index contributed by atoms with van der Waals surface area (Å²) in [5.74, 6) is 1.42. The molecule has 0 saturated carbocycles. The fraction of sp³-hybridized carbons (Fsp3) is 0.471. The lowest BCUT2D eigenvalue weighted by molar-refractivity contribution is 0.161. The topological polar surface area (TPSA) is 43.4 Å². The zero-order valence-electron chi connectivity index (χ0n) is 12.4. The quantitative estimate of drug-likeness (QED) is 0.886. The Hall–Kier alpha value is -1.65. The first-order valence-electron chi connectivity index (χ1n) is 7.65. The van der Waals surface area contributed by atoms with Crippen LogP contribution in [0.1, 0.15) is 13.3 Å². The molecule has 2 heterocycles. The standard InChI is InChI=1S/C17H22N2O2/c1-2-18-17(14-7-9-20-11-14)12-21-15-6-5-13-4-3-8-19-16(13)10-15/h3-6,8,10,14,17-18H,2,7,9,11-12H2,1H3. The van der Waals surface area contributed by atoms with Crippen molar-refractivity contribution in [3.63, 3.8) is 0 Å². The molecule has 2 atom stereocenters. The lowest BCUT2D eigenvalue weighted by Crippen LogP contribution is -2.41. The van der Waals surface area contributed by atoms with Crippen molar-refractivity contribution < 1.29 is 9.47 Å². The molecule has 0 radical (unpaired) electrons. The minimum atomic E-state index is 0.344. The van der Waals surface area contributed by atoms with E-state index >= 15 is 0 Å². The maximum absolute atomic E-state index is 5.98. The number of likely N-dealkylation sites (N-methyl/N-ethyl adjacent to an activating group) is 1. The van der Waals surface area contributed by atoms with Crippen LogP contribution in [0.25, 0.3) is 10.9 Å². The number of nitrogens with zero attached hydrogens (tertiary/aromatic N) is 1. The maximum atomic E-state index is 5.98. The van der Waals surface area contributed by atoms with E-state index in [1.54, 1.807) is 0 Å². The summed E-state index contributed by atoms with van der Waals surface area (Å²) >= 11 is 0. The van der Waals surface area contributed by atoms with Gasteiger partial charge in [0.1, 0.15) is 12.4 Å². The molecule has 3 rings (SSSR count). The minimum absolute atomic E-state index is 0.344. The number of fused-ring (bicyclic) bond motifs is 1. The van der Waals surface area contributed by atoms with E-state index in [-0.39, 0.29) is 0 Å². The Morgan fingerprint density at radius 3 is 3.19 bits per heavy atom. The van der Waals surface area contributed by atoms with Crippen molar-refractivity contribution in [2.24, 2.45) is 5.92 Å².